The molecule has 0 saturated carbocycles. The summed E-state index contributed by atoms with van der Waals surface area (Å²) < 4.78 is 20.2. The van der Waals surface area contributed by atoms with E-state index >= 15 is 0 Å². The summed E-state index contributed by atoms with van der Waals surface area (Å²) in [5, 5.41) is 8.70. The third kappa shape index (κ3) is 1.82. The van der Waals surface area contributed by atoms with Crippen LogP contribution in [0.2, 0.25) is 0 Å². The molecule has 2 aliphatic heterocycles. The minimum Gasteiger partial charge on any atom is -0.447 e. The van der Waals surface area contributed by atoms with E-state index in [2.05, 4.69) is 9.62 Å². The maximum absolute atomic E-state index is 12.0. The number of rotatable bonds is 3. The maximum Gasteiger partial charge on any atom is 0.379 e. The van der Waals surface area contributed by atoms with E-state index < -0.39 is 35.5 Å². The molecule has 3 atom stereocenters. The minimum atomic E-state index is -2.43. The second-order valence-corrected chi connectivity index (χ2v) is 4.47. The fraction of sp³-hybridized carbons (Fsp3) is 0.800. The molecule has 2 rings (SSSR count). The number of hydrogen-bond acceptors (Lipinski definition) is 8. The van der Waals surface area contributed by atoms with Gasteiger partial charge in [0.1, 0.15) is 6.10 Å². The molecule has 0 aromatic heterocycles. The fourth-order valence-electron chi connectivity index (χ4n) is 1.95. The van der Waals surface area contributed by atoms with Gasteiger partial charge in [-0.2, -0.15) is 4.89 Å². The molecule has 2 fully saturated rings. The Balaban J connectivity index is 2.19. The topological polar surface area (TPSA) is 101 Å². The fourth-order valence-corrected chi connectivity index (χ4v) is 1.95. The van der Waals surface area contributed by atoms with Crippen LogP contribution in [0.4, 0.5) is 0 Å². The van der Waals surface area contributed by atoms with Crippen molar-refractivity contribution >= 4 is 11.8 Å². The Morgan fingerprint density at radius 2 is 2.06 bits per heavy atom. The molecular formula is C10H14O8. The highest BCUT2D eigenvalue weighted by molar-refractivity contribution is 6.12. The van der Waals surface area contributed by atoms with E-state index in [-0.39, 0.29) is 6.61 Å². The summed E-state index contributed by atoms with van der Waals surface area (Å²) in [6, 6.07) is 0. The zero-order valence-corrected chi connectivity index (χ0v) is 10.2. The summed E-state index contributed by atoms with van der Waals surface area (Å²) in [5.41, 5.74) is 0. The maximum atomic E-state index is 12.0. The molecule has 3 unspecified atom stereocenters. The summed E-state index contributed by atoms with van der Waals surface area (Å²) in [5.74, 6) is -5.27. The predicted octanol–water partition coefficient (Wildman–Crippen LogP) is -0.535. The standard InChI is InChI=1S/C10H14O8/c1-9(2)15-4-5(17-9)6-7(11)10(14-3,18-13)8(12)16-6/h5-6,13H,4H2,1-3H3. The van der Waals surface area contributed by atoms with Crippen LogP contribution in [0.1, 0.15) is 13.8 Å². The van der Waals surface area contributed by atoms with Crippen molar-refractivity contribution in [2.45, 2.75) is 37.6 Å². The normalized spacial score (nSPS) is 39.1. The van der Waals surface area contributed by atoms with E-state index in [0.717, 1.165) is 7.11 Å². The number of methoxy groups -OCH3 is 1. The molecule has 2 saturated heterocycles. The number of carbonyl (C=O) groups is 2. The molecule has 8 nitrogen and oxygen atoms in total. The second kappa shape index (κ2) is 4.25. The Bertz CT molecular complexity index is 372. The zero-order valence-electron chi connectivity index (χ0n) is 10.2. The van der Waals surface area contributed by atoms with Crippen LogP contribution in [-0.4, -0.2) is 54.5 Å². The van der Waals surface area contributed by atoms with Crippen molar-refractivity contribution in [2.24, 2.45) is 0 Å². The SMILES string of the molecule is COC1(OO)C(=O)OC(C2COC(C)(C)O2)C1=O. The number of cyclic esters (lactones) is 1. The largest absolute Gasteiger partial charge is 0.447 e. The zero-order chi connectivity index (χ0) is 13.6. The highest BCUT2D eigenvalue weighted by Gasteiger charge is 2.64. The van der Waals surface area contributed by atoms with Gasteiger partial charge in [0.05, 0.1) is 6.61 Å². The number of carbonyl (C=O) groups excluding carboxylic acids is 2. The van der Waals surface area contributed by atoms with Crippen molar-refractivity contribution in [3.05, 3.63) is 0 Å². The first-order chi connectivity index (χ1) is 8.36. The Hall–Kier alpha value is -1.06. The summed E-state index contributed by atoms with van der Waals surface area (Å²) in [6.07, 6.45) is -1.99. The third-order valence-corrected chi connectivity index (χ3v) is 2.87. The van der Waals surface area contributed by atoms with Crippen molar-refractivity contribution in [3.63, 3.8) is 0 Å². The van der Waals surface area contributed by atoms with Gasteiger partial charge in [0.15, 0.2) is 11.9 Å². The van der Waals surface area contributed by atoms with Crippen LogP contribution in [0, 0.1) is 0 Å². The van der Waals surface area contributed by atoms with Crippen molar-refractivity contribution in [1.82, 2.24) is 0 Å². The molecule has 1 N–H and O–H groups in total. The van der Waals surface area contributed by atoms with Gasteiger partial charge in [-0.15, -0.1) is 0 Å². The minimum absolute atomic E-state index is 0.0852. The van der Waals surface area contributed by atoms with Gasteiger partial charge < -0.3 is 18.9 Å². The molecule has 2 heterocycles. The van der Waals surface area contributed by atoms with E-state index in [4.69, 9.17) is 19.5 Å². The van der Waals surface area contributed by atoms with Crippen LogP contribution in [0.5, 0.6) is 0 Å². The van der Waals surface area contributed by atoms with Crippen molar-refractivity contribution < 1.29 is 38.7 Å². The summed E-state index contributed by atoms with van der Waals surface area (Å²) in [6.45, 7) is 3.42. The molecule has 2 aliphatic rings. The summed E-state index contributed by atoms with van der Waals surface area (Å²) in [4.78, 5) is 27.4. The van der Waals surface area contributed by atoms with Crippen molar-refractivity contribution in [3.8, 4) is 0 Å². The number of ether oxygens (including phenoxy) is 4. The molecule has 8 heteroatoms. The quantitative estimate of drug-likeness (QED) is 0.238. The Kier molecular flexibility index (Phi) is 3.16. The van der Waals surface area contributed by atoms with Gasteiger partial charge >= 0.3 is 11.8 Å². The number of Topliss-reactive ketones (excluding diaryl/α,β-unsaturated/α-hetero) is 1. The second-order valence-electron chi connectivity index (χ2n) is 4.47. The monoisotopic (exact) mass is 262 g/mol. The molecular weight excluding hydrogens is 248 g/mol. The molecule has 0 spiro atoms. The number of esters is 1. The van der Waals surface area contributed by atoms with Gasteiger partial charge in [-0.05, 0) is 13.8 Å². The van der Waals surface area contributed by atoms with E-state index in [1.165, 1.54) is 0 Å². The van der Waals surface area contributed by atoms with Crippen LogP contribution >= 0.6 is 0 Å². The van der Waals surface area contributed by atoms with Gasteiger partial charge in [0, 0.05) is 7.11 Å². The van der Waals surface area contributed by atoms with Crippen LogP contribution in [0.3, 0.4) is 0 Å². The lowest BCUT2D eigenvalue weighted by Crippen LogP contribution is -2.48. The van der Waals surface area contributed by atoms with Gasteiger partial charge in [-0.25, -0.2) is 10.1 Å². The molecule has 0 radical (unpaired) electrons. The van der Waals surface area contributed by atoms with Crippen LogP contribution in [0.15, 0.2) is 0 Å². The molecule has 18 heavy (non-hydrogen) atoms. The molecule has 102 valence electrons. The van der Waals surface area contributed by atoms with Crippen LogP contribution in [-0.2, 0) is 33.4 Å². The van der Waals surface area contributed by atoms with Gasteiger partial charge in [-0.3, -0.25) is 4.79 Å². The first-order valence-electron chi connectivity index (χ1n) is 5.31. The Morgan fingerprint density at radius 1 is 1.39 bits per heavy atom. The van der Waals surface area contributed by atoms with Crippen molar-refractivity contribution in [2.75, 3.05) is 13.7 Å². The van der Waals surface area contributed by atoms with Crippen LogP contribution in [0.25, 0.3) is 0 Å². The smallest absolute Gasteiger partial charge is 0.379 e. The average molecular weight is 262 g/mol. The first kappa shape index (κ1) is 13.4. The summed E-state index contributed by atoms with van der Waals surface area (Å²) in [7, 11) is 1.05. The molecule has 0 amide bonds. The van der Waals surface area contributed by atoms with Crippen LogP contribution < -0.4 is 0 Å². The number of hydrogen-bond donors (Lipinski definition) is 1. The molecule has 0 aliphatic carbocycles. The highest BCUT2D eigenvalue weighted by atomic mass is 17.2. The third-order valence-electron chi connectivity index (χ3n) is 2.87. The summed E-state index contributed by atoms with van der Waals surface area (Å²) >= 11 is 0. The van der Waals surface area contributed by atoms with Gasteiger partial charge in [0.2, 0.25) is 5.78 Å². The van der Waals surface area contributed by atoms with E-state index in [9.17, 15) is 9.59 Å². The van der Waals surface area contributed by atoms with Gasteiger partial charge in [-0.1, -0.05) is 0 Å². The Morgan fingerprint density at radius 3 is 2.44 bits per heavy atom. The average Bonchev–Trinajstić information content (AvgIpc) is 2.79. The van der Waals surface area contributed by atoms with Crippen molar-refractivity contribution in [1.29, 1.82) is 0 Å². The van der Waals surface area contributed by atoms with E-state index in [1.807, 2.05) is 0 Å². The molecule has 0 aromatic carbocycles. The molecule has 0 aromatic rings. The lowest BCUT2D eigenvalue weighted by atomic mass is 10.1. The lowest BCUT2D eigenvalue weighted by Gasteiger charge is -2.19. The number of ketones is 1. The lowest BCUT2D eigenvalue weighted by molar-refractivity contribution is -0.362. The highest BCUT2D eigenvalue weighted by Crippen LogP contribution is 2.33. The van der Waals surface area contributed by atoms with Gasteiger partial charge in [0.25, 0.3) is 0 Å². The van der Waals surface area contributed by atoms with E-state index in [1.54, 1.807) is 13.8 Å². The molecule has 0 bridgehead atoms. The van der Waals surface area contributed by atoms with E-state index in [0.29, 0.717) is 0 Å². The first-order valence-corrected chi connectivity index (χ1v) is 5.31. The Labute approximate surface area is 103 Å². The predicted molar refractivity (Wildman–Crippen MR) is 53.2 cm³/mol.